The first-order valence-corrected chi connectivity index (χ1v) is 10.8. The minimum absolute atomic E-state index is 0.00323. The summed E-state index contributed by atoms with van der Waals surface area (Å²) in [6, 6.07) is 15.2. The maximum atomic E-state index is 13.2. The van der Waals surface area contributed by atoms with Crippen LogP contribution in [0.3, 0.4) is 0 Å². The van der Waals surface area contributed by atoms with Crippen LogP contribution in [0.25, 0.3) is 11.3 Å². The van der Waals surface area contributed by atoms with Crippen LogP contribution in [0.1, 0.15) is 21.9 Å². The highest BCUT2D eigenvalue weighted by molar-refractivity contribution is 7.12. The SMILES string of the molecule is Cc1ccc(-c2nc(C)sc2CC(=O)OCC(=O)N(CCC#N)c2ccc(F)cc2)cc1. The highest BCUT2D eigenvalue weighted by Gasteiger charge is 2.20. The molecule has 6 nitrogen and oxygen atoms in total. The first kappa shape index (κ1) is 23.1. The molecule has 0 bridgehead atoms. The fourth-order valence-corrected chi connectivity index (χ4v) is 4.05. The smallest absolute Gasteiger partial charge is 0.311 e. The molecule has 2 aromatic carbocycles. The molecule has 8 heteroatoms. The van der Waals surface area contributed by atoms with Crippen LogP contribution in [-0.2, 0) is 20.7 Å². The quantitative estimate of drug-likeness (QED) is 0.468. The molecule has 0 spiro atoms. The van der Waals surface area contributed by atoms with Crippen LogP contribution >= 0.6 is 11.3 Å². The van der Waals surface area contributed by atoms with Crippen molar-refractivity contribution >= 4 is 28.9 Å². The van der Waals surface area contributed by atoms with Crippen molar-refractivity contribution in [2.24, 2.45) is 0 Å². The van der Waals surface area contributed by atoms with Gasteiger partial charge in [-0.15, -0.1) is 11.3 Å². The van der Waals surface area contributed by atoms with E-state index in [1.807, 2.05) is 44.2 Å². The Morgan fingerprint density at radius 3 is 2.47 bits per heavy atom. The summed E-state index contributed by atoms with van der Waals surface area (Å²) in [4.78, 5) is 31.7. The molecule has 0 unspecified atom stereocenters. The van der Waals surface area contributed by atoms with E-state index in [9.17, 15) is 14.0 Å². The van der Waals surface area contributed by atoms with Gasteiger partial charge in [-0.05, 0) is 38.1 Å². The van der Waals surface area contributed by atoms with Gasteiger partial charge in [0.2, 0.25) is 0 Å². The number of hydrogen-bond donors (Lipinski definition) is 0. The van der Waals surface area contributed by atoms with Crippen LogP contribution in [-0.4, -0.2) is 30.0 Å². The van der Waals surface area contributed by atoms with E-state index in [-0.39, 0.29) is 19.4 Å². The Kier molecular flexibility index (Phi) is 7.68. The maximum absolute atomic E-state index is 13.2. The van der Waals surface area contributed by atoms with E-state index in [2.05, 4.69) is 4.98 Å². The van der Waals surface area contributed by atoms with Gasteiger partial charge in [0.15, 0.2) is 6.61 Å². The van der Waals surface area contributed by atoms with Crippen molar-refractivity contribution < 1.29 is 18.7 Å². The highest BCUT2D eigenvalue weighted by Crippen LogP contribution is 2.29. The molecule has 0 radical (unpaired) electrons. The molecule has 1 heterocycles. The fraction of sp³-hybridized carbons (Fsp3) is 0.250. The average Bonchev–Trinajstić information content (AvgIpc) is 3.14. The number of aromatic nitrogens is 1. The molecule has 0 N–H and O–H groups in total. The summed E-state index contributed by atoms with van der Waals surface area (Å²) >= 11 is 1.41. The highest BCUT2D eigenvalue weighted by atomic mass is 32.1. The van der Waals surface area contributed by atoms with Gasteiger partial charge in [0.25, 0.3) is 5.91 Å². The number of amides is 1. The molecule has 32 heavy (non-hydrogen) atoms. The Bertz CT molecular complexity index is 1130. The van der Waals surface area contributed by atoms with E-state index in [0.717, 1.165) is 26.7 Å². The Balaban J connectivity index is 1.66. The molecular weight excluding hydrogens is 429 g/mol. The molecule has 0 aliphatic heterocycles. The van der Waals surface area contributed by atoms with E-state index in [4.69, 9.17) is 10.00 Å². The molecule has 0 aliphatic rings. The largest absolute Gasteiger partial charge is 0.455 e. The fourth-order valence-electron chi connectivity index (χ4n) is 3.11. The zero-order valence-electron chi connectivity index (χ0n) is 17.8. The van der Waals surface area contributed by atoms with Crippen molar-refractivity contribution in [3.05, 3.63) is 69.8 Å². The molecule has 0 saturated carbocycles. The van der Waals surface area contributed by atoms with E-state index >= 15 is 0 Å². The first-order chi connectivity index (χ1) is 15.4. The van der Waals surface area contributed by atoms with Gasteiger partial charge in [0.05, 0.1) is 29.6 Å². The van der Waals surface area contributed by atoms with Crippen LogP contribution in [0.2, 0.25) is 0 Å². The number of halogens is 1. The number of nitrogens with zero attached hydrogens (tertiary/aromatic N) is 3. The van der Waals surface area contributed by atoms with Crippen molar-refractivity contribution in [1.29, 1.82) is 5.26 Å². The van der Waals surface area contributed by atoms with E-state index in [1.165, 1.54) is 40.5 Å². The number of benzene rings is 2. The minimum atomic E-state index is -0.547. The van der Waals surface area contributed by atoms with Gasteiger partial charge >= 0.3 is 5.97 Å². The third-order valence-electron chi connectivity index (χ3n) is 4.68. The number of hydrogen-bond acceptors (Lipinski definition) is 6. The van der Waals surface area contributed by atoms with Gasteiger partial charge in [-0.2, -0.15) is 5.26 Å². The van der Waals surface area contributed by atoms with Gasteiger partial charge in [0, 0.05) is 22.7 Å². The number of nitriles is 1. The second-order valence-corrected chi connectivity index (χ2v) is 8.43. The Morgan fingerprint density at radius 2 is 1.81 bits per heavy atom. The number of rotatable bonds is 8. The molecule has 0 saturated heterocycles. The molecule has 164 valence electrons. The summed E-state index contributed by atoms with van der Waals surface area (Å²) in [5, 5.41) is 9.70. The van der Waals surface area contributed by atoms with Gasteiger partial charge in [-0.25, -0.2) is 9.37 Å². The predicted octanol–water partition coefficient (Wildman–Crippen LogP) is 4.60. The zero-order chi connectivity index (χ0) is 23.1. The third kappa shape index (κ3) is 5.99. The topological polar surface area (TPSA) is 83.3 Å². The maximum Gasteiger partial charge on any atom is 0.311 e. The van der Waals surface area contributed by atoms with Crippen LogP contribution < -0.4 is 4.90 Å². The van der Waals surface area contributed by atoms with E-state index in [0.29, 0.717) is 5.69 Å². The number of thiazole rings is 1. The summed E-state index contributed by atoms with van der Waals surface area (Å²) in [6.07, 6.45) is 0.0911. The lowest BCUT2D eigenvalue weighted by Gasteiger charge is -2.21. The van der Waals surface area contributed by atoms with Gasteiger partial charge in [0.1, 0.15) is 5.82 Å². The van der Waals surface area contributed by atoms with Crippen molar-refractivity contribution in [3.63, 3.8) is 0 Å². The lowest BCUT2D eigenvalue weighted by molar-refractivity contribution is -0.147. The van der Waals surface area contributed by atoms with Crippen molar-refractivity contribution in [1.82, 2.24) is 4.98 Å². The summed E-state index contributed by atoms with van der Waals surface area (Å²) < 4.78 is 18.4. The minimum Gasteiger partial charge on any atom is -0.455 e. The molecule has 3 rings (SSSR count). The Hall–Kier alpha value is -3.57. The zero-order valence-corrected chi connectivity index (χ0v) is 18.6. The van der Waals surface area contributed by atoms with Crippen LogP contribution in [0.4, 0.5) is 10.1 Å². The van der Waals surface area contributed by atoms with Crippen molar-refractivity contribution in [2.75, 3.05) is 18.1 Å². The van der Waals surface area contributed by atoms with Crippen LogP contribution in [0.15, 0.2) is 48.5 Å². The number of ether oxygens (including phenoxy) is 1. The average molecular weight is 452 g/mol. The second kappa shape index (κ2) is 10.6. The van der Waals surface area contributed by atoms with Gasteiger partial charge in [-0.1, -0.05) is 29.8 Å². The molecule has 1 amide bonds. The van der Waals surface area contributed by atoms with Crippen LogP contribution in [0, 0.1) is 31.0 Å². The number of anilines is 1. The lowest BCUT2D eigenvalue weighted by atomic mass is 10.1. The second-order valence-electron chi connectivity index (χ2n) is 7.14. The normalized spacial score (nSPS) is 10.4. The molecule has 0 fully saturated rings. The predicted molar refractivity (Wildman–Crippen MR) is 121 cm³/mol. The molecule has 0 atom stereocenters. The molecule has 1 aromatic heterocycles. The van der Waals surface area contributed by atoms with Gasteiger partial charge < -0.3 is 9.64 Å². The van der Waals surface area contributed by atoms with Crippen molar-refractivity contribution in [2.45, 2.75) is 26.7 Å². The van der Waals surface area contributed by atoms with E-state index < -0.39 is 24.3 Å². The Morgan fingerprint density at radius 1 is 1.12 bits per heavy atom. The number of aryl methyl sites for hydroxylation is 2. The van der Waals surface area contributed by atoms with Crippen LogP contribution in [0.5, 0.6) is 0 Å². The van der Waals surface area contributed by atoms with Crippen molar-refractivity contribution in [3.8, 4) is 17.3 Å². The first-order valence-electron chi connectivity index (χ1n) is 9.99. The number of esters is 1. The monoisotopic (exact) mass is 451 g/mol. The summed E-state index contributed by atoms with van der Waals surface area (Å²) in [5.41, 5.74) is 3.21. The van der Waals surface area contributed by atoms with Gasteiger partial charge in [-0.3, -0.25) is 9.59 Å². The standard InChI is InChI=1S/C24H22FN3O3S/c1-16-4-6-18(7-5-16)24-21(32-17(2)27-24)14-23(30)31-15-22(29)28(13-3-12-26)20-10-8-19(25)9-11-20/h4-11H,3,13-15H2,1-2H3. The Labute approximate surface area is 189 Å². The number of carbonyl (C=O) groups excluding carboxylic acids is 2. The summed E-state index contributed by atoms with van der Waals surface area (Å²) in [5.74, 6) is -1.47. The molecule has 3 aromatic rings. The summed E-state index contributed by atoms with van der Waals surface area (Å²) in [6.45, 7) is 3.51. The summed E-state index contributed by atoms with van der Waals surface area (Å²) in [7, 11) is 0. The molecular formula is C24H22FN3O3S. The third-order valence-corrected chi connectivity index (χ3v) is 5.65. The lowest BCUT2D eigenvalue weighted by Crippen LogP contribution is -2.35. The number of carbonyl (C=O) groups is 2. The van der Waals surface area contributed by atoms with E-state index in [1.54, 1.807) is 0 Å². The molecule has 0 aliphatic carbocycles.